The molecule has 3 rings (SSSR count). The summed E-state index contributed by atoms with van der Waals surface area (Å²) < 4.78 is 28.1. The molecule has 0 spiro atoms. The van der Waals surface area contributed by atoms with Crippen molar-refractivity contribution in [2.45, 2.75) is 16.2 Å². The lowest BCUT2D eigenvalue weighted by Crippen LogP contribution is -2.12. The predicted octanol–water partition coefficient (Wildman–Crippen LogP) is 3.60. The molecule has 1 N–H and O–H groups in total. The largest absolute Gasteiger partial charge is 0.263 e. The van der Waals surface area contributed by atoms with E-state index in [2.05, 4.69) is 14.9 Å². The van der Waals surface area contributed by atoms with Crippen LogP contribution in [0.15, 0.2) is 51.7 Å². The van der Waals surface area contributed by atoms with Gasteiger partial charge in [0, 0.05) is 0 Å². The van der Waals surface area contributed by atoms with Gasteiger partial charge in [0.15, 0.2) is 4.34 Å². The number of benzene rings is 2. The molecule has 0 saturated heterocycles. The number of aromatic nitrogens is 2. The van der Waals surface area contributed by atoms with Gasteiger partial charge < -0.3 is 0 Å². The van der Waals surface area contributed by atoms with Crippen LogP contribution in [0, 0.1) is 0 Å². The van der Waals surface area contributed by atoms with E-state index in [-0.39, 0.29) is 10.0 Å². The number of hydrogen-bond acceptors (Lipinski definition) is 6. The van der Waals surface area contributed by atoms with E-state index in [9.17, 15) is 8.42 Å². The number of sulfonamides is 1. The number of thioether (sulfide) groups is 1. The second-order valence-corrected chi connectivity index (χ2v) is 8.59. The highest BCUT2D eigenvalue weighted by Gasteiger charge is 2.17. The fourth-order valence-corrected chi connectivity index (χ4v) is 4.86. The number of nitrogens with zero attached hydrogens (tertiary/aromatic N) is 2. The SMILES string of the molecule is CCSc1nnc(NS(=O)(=O)c2ccc3ccccc3c2)s1. The first-order valence-electron chi connectivity index (χ1n) is 6.56. The van der Waals surface area contributed by atoms with Crippen LogP contribution in [0.3, 0.4) is 0 Å². The van der Waals surface area contributed by atoms with Gasteiger partial charge in [-0.2, -0.15) is 0 Å². The number of hydrogen-bond donors (Lipinski definition) is 1. The van der Waals surface area contributed by atoms with Crippen LogP contribution in [0.2, 0.25) is 0 Å². The van der Waals surface area contributed by atoms with Crippen LogP contribution < -0.4 is 4.72 Å². The van der Waals surface area contributed by atoms with Crippen molar-refractivity contribution in [1.82, 2.24) is 10.2 Å². The van der Waals surface area contributed by atoms with Crippen LogP contribution in [-0.4, -0.2) is 24.4 Å². The van der Waals surface area contributed by atoms with Crippen LogP contribution in [0.5, 0.6) is 0 Å². The number of rotatable bonds is 5. The maximum atomic E-state index is 12.4. The van der Waals surface area contributed by atoms with Crippen molar-refractivity contribution in [3.8, 4) is 0 Å². The molecule has 3 aromatic rings. The van der Waals surface area contributed by atoms with Gasteiger partial charge in [-0.15, -0.1) is 10.2 Å². The van der Waals surface area contributed by atoms with E-state index in [0.29, 0.717) is 0 Å². The lowest BCUT2D eigenvalue weighted by molar-refractivity contribution is 0.601. The van der Waals surface area contributed by atoms with Crippen molar-refractivity contribution in [2.24, 2.45) is 0 Å². The Morgan fingerprint density at radius 3 is 2.68 bits per heavy atom. The summed E-state index contributed by atoms with van der Waals surface area (Å²) in [4.78, 5) is 0.214. The maximum Gasteiger partial charge on any atom is 0.263 e. The highest BCUT2D eigenvalue weighted by Crippen LogP contribution is 2.27. The molecule has 0 aliphatic rings. The average Bonchev–Trinajstić information content (AvgIpc) is 2.93. The number of anilines is 1. The van der Waals surface area contributed by atoms with E-state index in [1.807, 2.05) is 31.2 Å². The molecule has 5 nitrogen and oxygen atoms in total. The zero-order valence-corrected chi connectivity index (χ0v) is 14.1. The minimum Gasteiger partial charge on any atom is -0.253 e. The minimum absolute atomic E-state index is 0.214. The van der Waals surface area contributed by atoms with Crippen molar-refractivity contribution >= 4 is 49.0 Å². The van der Waals surface area contributed by atoms with Crippen molar-refractivity contribution in [1.29, 1.82) is 0 Å². The molecule has 1 heterocycles. The Morgan fingerprint density at radius 2 is 1.91 bits per heavy atom. The summed E-state index contributed by atoms with van der Waals surface area (Å²) in [6.45, 7) is 2.00. The van der Waals surface area contributed by atoms with Gasteiger partial charge in [0.25, 0.3) is 10.0 Å². The molecular weight excluding hydrogens is 338 g/mol. The Balaban J connectivity index is 1.89. The molecular formula is C14H13N3O2S3. The first-order chi connectivity index (χ1) is 10.6. The topological polar surface area (TPSA) is 72.0 Å². The Labute approximate surface area is 136 Å². The smallest absolute Gasteiger partial charge is 0.253 e. The third kappa shape index (κ3) is 3.23. The molecule has 0 radical (unpaired) electrons. The highest BCUT2D eigenvalue weighted by atomic mass is 32.2. The fourth-order valence-electron chi connectivity index (χ4n) is 1.94. The van der Waals surface area contributed by atoms with Gasteiger partial charge >= 0.3 is 0 Å². The van der Waals surface area contributed by atoms with Crippen LogP contribution in [0.4, 0.5) is 5.13 Å². The molecule has 0 unspecified atom stereocenters. The van der Waals surface area contributed by atoms with E-state index in [4.69, 9.17) is 0 Å². The molecule has 0 amide bonds. The summed E-state index contributed by atoms with van der Waals surface area (Å²) in [7, 11) is -3.66. The Kier molecular flexibility index (Phi) is 4.32. The van der Waals surface area contributed by atoms with E-state index in [1.165, 1.54) is 23.1 Å². The molecule has 8 heteroatoms. The molecule has 22 heavy (non-hydrogen) atoms. The molecule has 2 aromatic carbocycles. The minimum atomic E-state index is -3.66. The van der Waals surface area contributed by atoms with Crippen LogP contribution in [-0.2, 0) is 10.0 Å². The third-order valence-electron chi connectivity index (χ3n) is 2.93. The molecule has 1 aromatic heterocycles. The average molecular weight is 351 g/mol. The molecule has 0 bridgehead atoms. The summed E-state index contributed by atoms with van der Waals surface area (Å²) in [5.74, 6) is 0.867. The van der Waals surface area contributed by atoms with Gasteiger partial charge in [0.2, 0.25) is 5.13 Å². The maximum absolute atomic E-state index is 12.4. The van der Waals surface area contributed by atoms with Gasteiger partial charge in [-0.25, -0.2) is 8.42 Å². The van der Waals surface area contributed by atoms with Crippen molar-refractivity contribution in [2.75, 3.05) is 10.5 Å². The molecule has 0 atom stereocenters. The predicted molar refractivity (Wildman–Crippen MR) is 91.1 cm³/mol. The Morgan fingerprint density at radius 1 is 1.14 bits per heavy atom. The van der Waals surface area contributed by atoms with Crippen LogP contribution in [0.25, 0.3) is 10.8 Å². The summed E-state index contributed by atoms with van der Waals surface area (Å²) in [6, 6.07) is 12.7. The first-order valence-corrected chi connectivity index (χ1v) is 9.85. The van der Waals surface area contributed by atoms with Gasteiger partial charge in [-0.05, 0) is 28.7 Å². The fraction of sp³-hybridized carbons (Fsp3) is 0.143. The zero-order chi connectivity index (χ0) is 15.6. The quantitative estimate of drug-likeness (QED) is 0.711. The van der Waals surface area contributed by atoms with Gasteiger partial charge in [0.1, 0.15) is 0 Å². The van der Waals surface area contributed by atoms with Crippen molar-refractivity contribution in [3.05, 3.63) is 42.5 Å². The number of fused-ring (bicyclic) bond motifs is 1. The molecule has 0 aliphatic carbocycles. The standard InChI is InChI=1S/C14H13N3O2S3/c1-2-20-14-16-15-13(21-14)17-22(18,19)12-8-7-10-5-3-4-6-11(10)9-12/h3-9H,2H2,1H3,(H,15,17). The number of nitrogens with one attached hydrogen (secondary N) is 1. The van der Waals surface area contributed by atoms with Crippen molar-refractivity contribution < 1.29 is 8.42 Å². The van der Waals surface area contributed by atoms with Crippen molar-refractivity contribution in [3.63, 3.8) is 0 Å². The van der Waals surface area contributed by atoms with Crippen LogP contribution in [0.1, 0.15) is 6.92 Å². The zero-order valence-electron chi connectivity index (χ0n) is 11.7. The van der Waals surface area contributed by atoms with E-state index in [0.717, 1.165) is 20.9 Å². The Hall–Kier alpha value is -1.64. The summed E-state index contributed by atoms with van der Waals surface area (Å²) >= 11 is 2.76. The van der Waals surface area contributed by atoms with Gasteiger partial charge in [-0.1, -0.05) is 60.4 Å². The molecule has 114 valence electrons. The van der Waals surface area contributed by atoms with E-state index in [1.54, 1.807) is 18.2 Å². The third-order valence-corrected chi connectivity index (χ3v) is 6.25. The summed E-state index contributed by atoms with van der Waals surface area (Å²) in [6.07, 6.45) is 0. The molecule has 0 aliphatic heterocycles. The van der Waals surface area contributed by atoms with Crippen LogP contribution >= 0.6 is 23.1 Å². The summed E-state index contributed by atoms with van der Waals surface area (Å²) in [5, 5.41) is 9.96. The Bertz CT molecular complexity index is 906. The lowest BCUT2D eigenvalue weighted by Gasteiger charge is -2.06. The van der Waals surface area contributed by atoms with E-state index >= 15 is 0 Å². The monoisotopic (exact) mass is 351 g/mol. The van der Waals surface area contributed by atoms with Gasteiger partial charge in [0.05, 0.1) is 4.90 Å². The first kappa shape index (κ1) is 15.3. The van der Waals surface area contributed by atoms with E-state index < -0.39 is 10.0 Å². The summed E-state index contributed by atoms with van der Waals surface area (Å²) in [5.41, 5.74) is 0. The normalized spacial score (nSPS) is 11.7. The highest BCUT2D eigenvalue weighted by molar-refractivity contribution is 8.01. The second kappa shape index (κ2) is 6.23. The molecule has 0 fully saturated rings. The lowest BCUT2D eigenvalue weighted by atomic mass is 10.1. The second-order valence-electron chi connectivity index (χ2n) is 4.42. The van der Waals surface area contributed by atoms with Gasteiger partial charge in [-0.3, -0.25) is 4.72 Å². The molecule has 0 saturated carbocycles.